The van der Waals surface area contributed by atoms with E-state index in [0.717, 1.165) is 24.3 Å². The number of nitrogens with zero attached hydrogens (tertiary/aromatic N) is 4. The zero-order valence-corrected chi connectivity index (χ0v) is 20.0. The van der Waals surface area contributed by atoms with Gasteiger partial charge in [-0.05, 0) is 50.2 Å². The molecule has 2 aromatic carbocycles. The highest BCUT2D eigenvalue weighted by atomic mass is 16.2. The lowest BCUT2D eigenvalue weighted by Crippen LogP contribution is -2.46. The molecule has 0 radical (unpaired) electrons. The van der Waals surface area contributed by atoms with Crippen LogP contribution in [0.2, 0.25) is 0 Å². The molecule has 0 aliphatic rings. The fraction of sp³-hybridized carbons (Fsp3) is 0.280. The number of aryl methyl sites for hydroxylation is 1. The summed E-state index contributed by atoms with van der Waals surface area (Å²) in [6.45, 7) is 10.1. The molecule has 4 N–H and O–H groups in total. The number of carbonyl (C=O) groups is 2. The number of anilines is 4. The molecule has 0 aliphatic heterocycles. The topological polar surface area (TPSA) is 116 Å². The van der Waals surface area contributed by atoms with Gasteiger partial charge in [0.15, 0.2) is 0 Å². The first-order valence-electron chi connectivity index (χ1n) is 11.3. The maximum atomic E-state index is 12.9. The third-order valence-electron chi connectivity index (χ3n) is 5.36. The second-order valence-electron chi connectivity index (χ2n) is 7.67. The number of primary amides is 1. The summed E-state index contributed by atoms with van der Waals surface area (Å²) in [6.07, 6.45) is 1.38. The molecule has 1 heterocycles. The van der Waals surface area contributed by atoms with Crippen LogP contribution in [0.15, 0.2) is 54.7 Å². The maximum absolute atomic E-state index is 12.9. The Morgan fingerprint density at radius 3 is 2.03 bits per heavy atom. The van der Waals surface area contributed by atoms with E-state index in [-0.39, 0.29) is 17.4 Å². The monoisotopic (exact) mass is 461 g/mol. The van der Waals surface area contributed by atoms with Gasteiger partial charge in [0.1, 0.15) is 11.4 Å². The van der Waals surface area contributed by atoms with Gasteiger partial charge in [-0.2, -0.15) is 4.98 Å². The van der Waals surface area contributed by atoms with Crippen LogP contribution in [-0.2, 0) is 0 Å². The van der Waals surface area contributed by atoms with E-state index in [1.165, 1.54) is 6.20 Å². The molecule has 0 saturated heterocycles. The molecule has 0 spiro atoms. The van der Waals surface area contributed by atoms with Crippen LogP contribution in [-0.4, -0.2) is 51.4 Å². The summed E-state index contributed by atoms with van der Waals surface area (Å²) < 4.78 is 0. The fourth-order valence-electron chi connectivity index (χ4n) is 3.50. The van der Waals surface area contributed by atoms with Crippen molar-refractivity contribution in [2.75, 3.05) is 30.3 Å². The van der Waals surface area contributed by atoms with E-state index in [1.807, 2.05) is 57.0 Å². The molecule has 0 fully saturated rings. The van der Waals surface area contributed by atoms with Crippen molar-refractivity contribution in [3.63, 3.8) is 0 Å². The summed E-state index contributed by atoms with van der Waals surface area (Å²) in [5.41, 5.74) is 8.86. The van der Waals surface area contributed by atoms with Gasteiger partial charge >= 0.3 is 0 Å². The van der Waals surface area contributed by atoms with E-state index in [9.17, 15) is 9.59 Å². The summed E-state index contributed by atoms with van der Waals surface area (Å²) >= 11 is 0. The molecular formula is C25H31N7O2. The predicted molar refractivity (Wildman–Crippen MR) is 134 cm³/mol. The fourth-order valence-corrected chi connectivity index (χ4v) is 3.50. The minimum absolute atomic E-state index is 0.0515. The number of hydrazine groups is 1. The van der Waals surface area contributed by atoms with Gasteiger partial charge < -0.3 is 16.4 Å². The van der Waals surface area contributed by atoms with Gasteiger partial charge in [0.05, 0.1) is 0 Å². The number of hydrogen-bond donors (Lipinski definition) is 3. The van der Waals surface area contributed by atoms with E-state index < -0.39 is 5.91 Å². The SMILES string of the molecule is CCN(CC)N(CC)C(=O)c1ccc(Nc2ncc(C(N)=O)c(Nc3ccc(C)cc3)n2)cc1. The molecule has 178 valence electrons. The minimum Gasteiger partial charge on any atom is -0.365 e. The van der Waals surface area contributed by atoms with E-state index >= 15 is 0 Å². The van der Waals surface area contributed by atoms with E-state index in [4.69, 9.17) is 5.73 Å². The van der Waals surface area contributed by atoms with Gasteiger partial charge in [0.2, 0.25) is 5.95 Å². The Hall–Kier alpha value is -3.98. The normalized spacial score (nSPS) is 10.7. The summed E-state index contributed by atoms with van der Waals surface area (Å²) in [5, 5.41) is 9.99. The third-order valence-corrected chi connectivity index (χ3v) is 5.36. The van der Waals surface area contributed by atoms with Crippen LogP contribution in [0.4, 0.5) is 23.1 Å². The second kappa shape index (κ2) is 11.2. The average molecular weight is 462 g/mol. The Labute approximate surface area is 200 Å². The van der Waals surface area contributed by atoms with Crippen LogP contribution in [0, 0.1) is 6.92 Å². The first-order valence-corrected chi connectivity index (χ1v) is 11.3. The number of aromatic nitrogens is 2. The van der Waals surface area contributed by atoms with Crippen LogP contribution >= 0.6 is 0 Å². The Balaban J connectivity index is 1.79. The summed E-state index contributed by atoms with van der Waals surface area (Å²) in [4.78, 5) is 33.4. The van der Waals surface area contributed by atoms with Crippen molar-refractivity contribution in [1.29, 1.82) is 0 Å². The summed E-state index contributed by atoms with van der Waals surface area (Å²) in [6, 6.07) is 14.8. The molecular weight excluding hydrogens is 430 g/mol. The number of amides is 2. The van der Waals surface area contributed by atoms with Crippen LogP contribution < -0.4 is 16.4 Å². The molecule has 0 unspecified atom stereocenters. The Bertz CT molecular complexity index is 1130. The second-order valence-corrected chi connectivity index (χ2v) is 7.67. The third kappa shape index (κ3) is 5.87. The first kappa shape index (κ1) is 24.7. The molecule has 0 atom stereocenters. The Kier molecular flexibility index (Phi) is 8.15. The van der Waals surface area contributed by atoms with Gasteiger partial charge in [-0.25, -0.2) is 9.99 Å². The molecule has 34 heavy (non-hydrogen) atoms. The quantitative estimate of drug-likeness (QED) is 0.389. The van der Waals surface area contributed by atoms with Crippen molar-refractivity contribution in [2.24, 2.45) is 5.73 Å². The molecule has 0 saturated carbocycles. The van der Waals surface area contributed by atoms with Gasteiger partial charge in [-0.1, -0.05) is 31.5 Å². The number of hydrogen-bond acceptors (Lipinski definition) is 7. The lowest BCUT2D eigenvalue weighted by atomic mass is 10.2. The molecule has 0 aliphatic carbocycles. The van der Waals surface area contributed by atoms with Gasteiger partial charge in [-0.15, -0.1) is 0 Å². The molecule has 9 nitrogen and oxygen atoms in total. The van der Waals surface area contributed by atoms with Crippen molar-refractivity contribution >= 4 is 35.0 Å². The number of benzene rings is 2. The number of nitrogens with two attached hydrogens (primary N) is 1. The molecule has 1 aromatic heterocycles. The average Bonchev–Trinajstić information content (AvgIpc) is 2.84. The molecule has 0 bridgehead atoms. The lowest BCUT2D eigenvalue weighted by Gasteiger charge is -2.32. The highest BCUT2D eigenvalue weighted by Gasteiger charge is 2.19. The smallest absolute Gasteiger partial charge is 0.268 e. The van der Waals surface area contributed by atoms with E-state index in [0.29, 0.717) is 23.6 Å². The number of nitrogens with one attached hydrogen (secondary N) is 2. The van der Waals surface area contributed by atoms with Crippen molar-refractivity contribution in [3.05, 3.63) is 71.4 Å². The predicted octanol–water partition coefficient (Wildman–Crippen LogP) is 4.09. The zero-order valence-electron chi connectivity index (χ0n) is 20.0. The largest absolute Gasteiger partial charge is 0.365 e. The van der Waals surface area contributed by atoms with Crippen LogP contribution in [0.5, 0.6) is 0 Å². The van der Waals surface area contributed by atoms with Crippen molar-refractivity contribution in [1.82, 2.24) is 20.0 Å². The molecule has 3 rings (SSSR count). The van der Waals surface area contributed by atoms with Crippen LogP contribution in [0.3, 0.4) is 0 Å². The highest BCUT2D eigenvalue weighted by molar-refractivity contribution is 5.98. The first-order chi connectivity index (χ1) is 16.4. The maximum Gasteiger partial charge on any atom is 0.268 e. The van der Waals surface area contributed by atoms with E-state index in [1.54, 1.807) is 29.3 Å². The van der Waals surface area contributed by atoms with Gasteiger partial charge in [-0.3, -0.25) is 14.6 Å². The molecule has 3 aromatic rings. The minimum atomic E-state index is -0.627. The molecule has 2 amide bonds. The zero-order chi connectivity index (χ0) is 24.7. The van der Waals surface area contributed by atoms with Crippen molar-refractivity contribution < 1.29 is 9.59 Å². The van der Waals surface area contributed by atoms with Gasteiger partial charge in [0, 0.05) is 42.8 Å². The number of rotatable bonds is 10. The Morgan fingerprint density at radius 2 is 1.47 bits per heavy atom. The molecule has 9 heteroatoms. The van der Waals surface area contributed by atoms with Crippen molar-refractivity contribution in [3.8, 4) is 0 Å². The highest BCUT2D eigenvalue weighted by Crippen LogP contribution is 2.22. The standard InChI is InChI=1S/C25H31N7O2/c1-5-31(6-2)32(7-3)24(34)18-10-14-20(15-11-18)29-25-27-16-21(22(26)33)23(30-25)28-19-12-8-17(4)9-13-19/h8-16H,5-7H2,1-4H3,(H2,26,33)(H2,27,28,29,30). The number of carbonyl (C=O) groups excluding carboxylic acids is 2. The van der Waals surface area contributed by atoms with Crippen LogP contribution in [0.25, 0.3) is 0 Å². The van der Waals surface area contributed by atoms with Gasteiger partial charge in [0.25, 0.3) is 11.8 Å². The van der Waals surface area contributed by atoms with Crippen LogP contribution in [0.1, 0.15) is 47.1 Å². The Morgan fingerprint density at radius 1 is 0.882 bits per heavy atom. The van der Waals surface area contributed by atoms with Crippen molar-refractivity contribution in [2.45, 2.75) is 27.7 Å². The lowest BCUT2D eigenvalue weighted by molar-refractivity contribution is -0.00113. The summed E-state index contributed by atoms with van der Waals surface area (Å²) in [7, 11) is 0. The summed E-state index contributed by atoms with van der Waals surface area (Å²) in [5.74, 6) is -0.0856. The van der Waals surface area contributed by atoms with E-state index in [2.05, 4.69) is 20.6 Å².